The minimum absolute atomic E-state index is 0.0736. The van der Waals surface area contributed by atoms with Crippen LogP contribution in [-0.4, -0.2) is 30.6 Å². The van der Waals surface area contributed by atoms with Crippen molar-refractivity contribution in [2.24, 2.45) is 4.99 Å². The summed E-state index contributed by atoms with van der Waals surface area (Å²) in [6.45, 7) is 14.3. The molecule has 0 saturated heterocycles. The molecule has 0 aromatic heterocycles. The predicted molar refractivity (Wildman–Crippen MR) is 146 cm³/mol. The molecule has 0 amide bonds. The molecule has 0 unspecified atom stereocenters. The Morgan fingerprint density at radius 3 is 1.94 bits per heavy atom. The third-order valence-electron chi connectivity index (χ3n) is 7.34. The molecule has 2 saturated carbocycles. The summed E-state index contributed by atoms with van der Waals surface area (Å²) in [5.41, 5.74) is 3.99. The van der Waals surface area contributed by atoms with Crippen LogP contribution in [0.15, 0.2) is 23.2 Å². The highest BCUT2D eigenvalue weighted by atomic mass is 16.6. The fraction of sp³-hybridized carbons (Fsp3) is 0.733. The third-order valence-corrected chi connectivity index (χ3v) is 7.34. The molecule has 35 heavy (non-hydrogen) atoms. The SMILES string of the molecule is CC(C)(C)c1cc(CNCC(=O)OC(=NC2CCCCC2)NC2CCCCC2)cc(C(C)(C)C)c1. The van der Waals surface area contributed by atoms with Gasteiger partial charge in [-0.05, 0) is 53.2 Å². The van der Waals surface area contributed by atoms with Crippen LogP contribution in [0, 0.1) is 0 Å². The highest BCUT2D eigenvalue weighted by Crippen LogP contribution is 2.30. The average Bonchev–Trinajstić information content (AvgIpc) is 2.79. The van der Waals surface area contributed by atoms with E-state index < -0.39 is 0 Å². The minimum atomic E-state index is -0.272. The van der Waals surface area contributed by atoms with E-state index in [4.69, 9.17) is 9.73 Å². The number of hydrogen-bond acceptors (Lipinski definition) is 4. The Balaban J connectivity index is 1.61. The van der Waals surface area contributed by atoms with E-state index in [-0.39, 0.29) is 29.4 Å². The lowest BCUT2D eigenvalue weighted by Crippen LogP contribution is -2.41. The van der Waals surface area contributed by atoms with E-state index >= 15 is 0 Å². The molecule has 1 aromatic rings. The third kappa shape index (κ3) is 9.25. The Kier molecular flexibility index (Phi) is 9.80. The van der Waals surface area contributed by atoms with E-state index in [9.17, 15) is 4.79 Å². The number of esters is 1. The summed E-state index contributed by atoms with van der Waals surface area (Å²) >= 11 is 0. The Morgan fingerprint density at radius 2 is 1.40 bits per heavy atom. The van der Waals surface area contributed by atoms with Crippen molar-refractivity contribution in [2.75, 3.05) is 6.54 Å². The van der Waals surface area contributed by atoms with Crippen molar-refractivity contribution < 1.29 is 9.53 Å². The molecule has 2 N–H and O–H groups in total. The van der Waals surface area contributed by atoms with Gasteiger partial charge in [0.1, 0.15) is 0 Å². The number of nitrogens with one attached hydrogen (secondary N) is 2. The molecule has 0 radical (unpaired) electrons. The van der Waals surface area contributed by atoms with Crippen LogP contribution in [-0.2, 0) is 26.9 Å². The lowest BCUT2D eigenvalue weighted by molar-refractivity contribution is -0.134. The average molecular weight is 484 g/mol. The fourth-order valence-corrected chi connectivity index (χ4v) is 5.00. The number of nitrogens with zero attached hydrogens (tertiary/aromatic N) is 1. The monoisotopic (exact) mass is 483 g/mol. The molecule has 196 valence electrons. The van der Waals surface area contributed by atoms with E-state index in [2.05, 4.69) is 70.4 Å². The first-order chi connectivity index (χ1) is 16.5. The van der Waals surface area contributed by atoms with Gasteiger partial charge in [-0.1, -0.05) is 98.3 Å². The zero-order valence-corrected chi connectivity index (χ0v) is 23.1. The Bertz CT molecular complexity index is 819. The number of hydrogen-bond donors (Lipinski definition) is 2. The van der Waals surface area contributed by atoms with Crippen LogP contribution in [0.25, 0.3) is 0 Å². The summed E-state index contributed by atoms with van der Waals surface area (Å²) in [5.74, 6) is -0.272. The summed E-state index contributed by atoms with van der Waals surface area (Å²) < 4.78 is 5.79. The molecule has 2 aliphatic carbocycles. The second-order valence-electron chi connectivity index (χ2n) is 12.7. The van der Waals surface area contributed by atoms with E-state index in [1.165, 1.54) is 55.2 Å². The van der Waals surface area contributed by atoms with Gasteiger partial charge in [-0.25, -0.2) is 4.99 Å². The second-order valence-corrected chi connectivity index (χ2v) is 12.7. The quantitative estimate of drug-likeness (QED) is 0.274. The molecule has 0 heterocycles. The summed E-state index contributed by atoms with van der Waals surface area (Å²) in [7, 11) is 0. The summed E-state index contributed by atoms with van der Waals surface area (Å²) in [6, 6.07) is 7.92. The molecular formula is C30H49N3O2. The zero-order chi connectivity index (χ0) is 25.5. The number of rotatable bonds is 6. The van der Waals surface area contributed by atoms with Crippen molar-refractivity contribution in [3.05, 3.63) is 34.9 Å². The summed E-state index contributed by atoms with van der Waals surface area (Å²) in [4.78, 5) is 17.6. The van der Waals surface area contributed by atoms with Crippen LogP contribution < -0.4 is 10.6 Å². The Labute approximate surface area is 213 Å². The van der Waals surface area contributed by atoms with Gasteiger partial charge >= 0.3 is 5.97 Å². The van der Waals surface area contributed by atoms with Gasteiger partial charge < -0.3 is 15.4 Å². The first-order valence-electron chi connectivity index (χ1n) is 13.9. The standard InChI is InChI=1S/C30H49N3O2/c1-29(2,3)23-17-22(18-24(19-23)30(4,5)6)20-31-21-27(34)35-28(32-25-13-9-7-10-14-25)33-26-15-11-8-12-16-26/h17-19,25-26,31H,7-16,20-21H2,1-6H3,(H,32,33). The lowest BCUT2D eigenvalue weighted by atomic mass is 9.79. The number of aliphatic imine (C=N–C) groups is 1. The Hall–Kier alpha value is -1.88. The van der Waals surface area contributed by atoms with Crippen molar-refractivity contribution in [3.63, 3.8) is 0 Å². The molecule has 5 heteroatoms. The van der Waals surface area contributed by atoms with Gasteiger partial charge in [0.05, 0.1) is 12.6 Å². The van der Waals surface area contributed by atoms with Crippen LogP contribution in [0.1, 0.15) is 122 Å². The molecule has 0 bridgehead atoms. The van der Waals surface area contributed by atoms with Crippen LogP contribution in [0.2, 0.25) is 0 Å². The molecule has 5 nitrogen and oxygen atoms in total. The number of ether oxygens (including phenoxy) is 1. The van der Waals surface area contributed by atoms with E-state index in [0.29, 0.717) is 18.6 Å². The molecule has 3 rings (SSSR count). The van der Waals surface area contributed by atoms with Gasteiger partial charge in [0, 0.05) is 12.6 Å². The molecule has 2 fully saturated rings. The minimum Gasteiger partial charge on any atom is -0.392 e. The maximum Gasteiger partial charge on any atom is 0.327 e. The van der Waals surface area contributed by atoms with Crippen molar-refractivity contribution >= 4 is 12.0 Å². The highest BCUT2D eigenvalue weighted by molar-refractivity contribution is 5.88. The highest BCUT2D eigenvalue weighted by Gasteiger charge is 2.22. The van der Waals surface area contributed by atoms with Gasteiger partial charge in [0.25, 0.3) is 6.02 Å². The first-order valence-corrected chi connectivity index (χ1v) is 13.9. The smallest absolute Gasteiger partial charge is 0.327 e. The van der Waals surface area contributed by atoms with E-state index in [0.717, 1.165) is 25.7 Å². The van der Waals surface area contributed by atoms with Gasteiger partial charge in [-0.2, -0.15) is 0 Å². The van der Waals surface area contributed by atoms with Gasteiger partial charge in [-0.3, -0.25) is 4.79 Å². The molecule has 0 atom stereocenters. The molecule has 1 aromatic carbocycles. The van der Waals surface area contributed by atoms with Crippen molar-refractivity contribution in [1.29, 1.82) is 0 Å². The van der Waals surface area contributed by atoms with Gasteiger partial charge in [0.15, 0.2) is 0 Å². The molecule has 0 aliphatic heterocycles. The number of carbonyl (C=O) groups excluding carboxylic acids is 1. The van der Waals surface area contributed by atoms with E-state index in [1.54, 1.807) is 0 Å². The first kappa shape index (κ1) is 27.7. The van der Waals surface area contributed by atoms with Crippen LogP contribution >= 0.6 is 0 Å². The van der Waals surface area contributed by atoms with Crippen LogP contribution in [0.5, 0.6) is 0 Å². The van der Waals surface area contributed by atoms with E-state index in [1.807, 2.05) is 0 Å². The normalized spacial score (nSPS) is 19.0. The molecule has 2 aliphatic rings. The van der Waals surface area contributed by atoms with Gasteiger partial charge in [0.2, 0.25) is 0 Å². The number of carbonyl (C=O) groups is 1. The van der Waals surface area contributed by atoms with Crippen molar-refractivity contribution in [1.82, 2.24) is 10.6 Å². The molecule has 0 spiro atoms. The maximum atomic E-state index is 12.8. The Morgan fingerprint density at radius 1 is 0.857 bits per heavy atom. The number of benzene rings is 1. The van der Waals surface area contributed by atoms with Gasteiger partial charge in [-0.15, -0.1) is 0 Å². The fourth-order valence-electron chi connectivity index (χ4n) is 5.00. The topological polar surface area (TPSA) is 62.7 Å². The summed E-state index contributed by atoms with van der Waals surface area (Å²) in [5, 5.41) is 6.78. The summed E-state index contributed by atoms with van der Waals surface area (Å²) in [6.07, 6.45) is 11.9. The number of amidine groups is 1. The lowest BCUT2D eigenvalue weighted by Gasteiger charge is -2.26. The van der Waals surface area contributed by atoms with Crippen LogP contribution in [0.4, 0.5) is 0 Å². The molecular weight excluding hydrogens is 434 g/mol. The second kappa shape index (κ2) is 12.4. The zero-order valence-electron chi connectivity index (χ0n) is 23.1. The maximum absolute atomic E-state index is 12.8. The van der Waals surface area contributed by atoms with Crippen LogP contribution in [0.3, 0.4) is 0 Å². The van der Waals surface area contributed by atoms with Crippen molar-refractivity contribution in [3.8, 4) is 0 Å². The predicted octanol–water partition coefficient (Wildman–Crippen LogP) is 6.53. The largest absolute Gasteiger partial charge is 0.392 e. The van der Waals surface area contributed by atoms with Crippen molar-refractivity contribution in [2.45, 2.75) is 135 Å².